The van der Waals surface area contributed by atoms with Gasteiger partial charge in [0.25, 0.3) is 0 Å². The van der Waals surface area contributed by atoms with Crippen molar-refractivity contribution in [2.75, 3.05) is 19.7 Å². The Labute approximate surface area is 83.0 Å². The quantitative estimate of drug-likeness (QED) is 0.678. The van der Waals surface area contributed by atoms with Gasteiger partial charge in [0.15, 0.2) is 6.10 Å². The van der Waals surface area contributed by atoms with E-state index in [-0.39, 0.29) is 6.54 Å². The molecule has 0 aliphatic carbocycles. The first kappa shape index (κ1) is 12.1. The fourth-order valence-electron chi connectivity index (χ4n) is 1.28. The topological polar surface area (TPSA) is 70.0 Å². The number of hydrogen-bond acceptors (Lipinski definition) is 3. The number of amides is 1. The molecule has 1 aliphatic heterocycles. The molecule has 0 aromatic rings. The van der Waals surface area contributed by atoms with E-state index in [0.717, 1.165) is 0 Å². The predicted octanol–water partition coefficient (Wildman–Crippen LogP) is 0.288. The molecule has 2 atom stereocenters. The first-order valence-corrected chi connectivity index (χ1v) is 4.15. The van der Waals surface area contributed by atoms with Crippen molar-refractivity contribution >= 4 is 6.09 Å². The van der Waals surface area contributed by atoms with Crippen molar-refractivity contribution in [3.63, 3.8) is 0 Å². The number of aliphatic hydroxyl groups is 1. The molecule has 0 aromatic carbocycles. The lowest BCUT2D eigenvalue weighted by molar-refractivity contribution is -0.253. The van der Waals surface area contributed by atoms with E-state index in [0.29, 0.717) is 4.90 Å². The zero-order valence-corrected chi connectivity index (χ0v) is 7.57. The highest BCUT2D eigenvalue weighted by Gasteiger charge is 2.46. The molecule has 0 saturated carbocycles. The van der Waals surface area contributed by atoms with Gasteiger partial charge in [-0.2, -0.15) is 13.2 Å². The van der Waals surface area contributed by atoms with Gasteiger partial charge >= 0.3 is 12.3 Å². The Bertz CT molecular complexity index is 245. The number of aliphatic hydroxyl groups excluding tert-OH is 1. The van der Waals surface area contributed by atoms with E-state index in [1.165, 1.54) is 0 Å². The van der Waals surface area contributed by atoms with E-state index in [2.05, 4.69) is 4.74 Å². The highest BCUT2D eigenvalue weighted by atomic mass is 19.4. The van der Waals surface area contributed by atoms with Gasteiger partial charge in [0.2, 0.25) is 0 Å². The molecule has 0 bridgehead atoms. The molecule has 2 N–H and O–H groups in total. The highest BCUT2D eigenvalue weighted by molar-refractivity contribution is 5.65. The van der Waals surface area contributed by atoms with Crippen LogP contribution in [-0.4, -0.2) is 59.3 Å². The van der Waals surface area contributed by atoms with Crippen LogP contribution in [0.25, 0.3) is 0 Å². The van der Waals surface area contributed by atoms with Crippen LogP contribution in [0.2, 0.25) is 0 Å². The van der Waals surface area contributed by atoms with E-state index in [1.54, 1.807) is 0 Å². The van der Waals surface area contributed by atoms with Crippen molar-refractivity contribution in [1.29, 1.82) is 0 Å². The minimum absolute atomic E-state index is 0.252. The Kier molecular flexibility index (Phi) is 3.40. The lowest BCUT2D eigenvalue weighted by Gasteiger charge is -2.36. The van der Waals surface area contributed by atoms with Crippen LogP contribution in [0.5, 0.6) is 0 Å². The summed E-state index contributed by atoms with van der Waals surface area (Å²) in [6.45, 7) is -1.65. The van der Waals surface area contributed by atoms with E-state index in [4.69, 9.17) is 10.2 Å². The first-order chi connectivity index (χ1) is 6.84. The van der Waals surface area contributed by atoms with Gasteiger partial charge in [-0.1, -0.05) is 0 Å². The van der Waals surface area contributed by atoms with Crippen molar-refractivity contribution in [2.24, 2.45) is 0 Å². The van der Waals surface area contributed by atoms with Gasteiger partial charge in [-0.25, -0.2) is 4.79 Å². The van der Waals surface area contributed by atoms with Crippen molar-refractivity contribution in [1.82, 2.24) is 4.90 Å². The number of ether oxygens (including phenoxy) is 1. The number of rotatable bonds is 1. The molecule has 1 aliphatic rings. The summed E-state index contributed by atoms with van der Waals surface area (Å²) in [5.41, 5.74) is 0. The maximum atomic E-state index is 12.3. The van der Waals surface area contributed by atoms with Gasteiger partial charge in [-0.05, 0) is 0 Å². The van der Waals surface area contributed by atoms with Crippen LogP contribution >= 0.6 is 0 Å². The molecule has 8 heteroatoms. The summed E-state index contributed by atoms with van der Waals surface area (Å²) in [5.74, 6) is 0. The van der Waals surface area contributed by atoms with Crippen LogP contribution in [0, 0.1) is 0 Å². The summed E-state index contributed by atoms with van der Waals surface area (Å²) < 4.78 is 41.3. The summed E-state index contributed by atoms with van der Waals surface area (Å²) in [6.07, 6.45) is -9.37. The number of nitrogens with zero attached hydrogens (tertiary/aromatic N) is 1. The van der Waals surface area contributed by atoms with E-state index < -0.39 is 37.6 Å². The Morgan fingerprint density at radius 3 is 2.47 bits per heavy atom. The SMILES string of the molecule is O=C(O)N1CC(CO)OC(C(F)(F)F)C1. The third-order valence-electron chi connectivity index (χ3n) is 2.01. The largest absolute Gasteiger partial charge is 0.465 e. The summed E-state index contributed by atoms with van der Waals surface area (Å²) in [6, 6.07) is 0. The van der Waals surface area contributed by atoms with Crippen molar-refractivity contribution in [3.8, 4) is 0 Å². The summed E-state index contributed by atoms with van der Waals surface area (Å²) in [7, 11) is 0. The van der Waals surface area contributed by atoms with Gasteiger partial charge in [0.05, 0.1) is 25.8 Å². The number of carboxylic acid groups (broad SMARTS) is 1. The second kappa shape index (κ2) is 4.23. The third-order valence-corrected chi connectivity index (χ3v) is 2.01. The molecular weight excluding hydrogens is 219 g/mol. The van der Waals surface area contributed by atoms with Crippen molar-refractivity contribution in [3.05, 3.63) is 0 Å². The molecule has 88 valence electrons. The molecule has 1 rings (SSSR count). The number of carbonyl (C=O) groups is 1. The van der Waals surface area contributed by atoms with E-state index >= 15 is 0 Å². The molecule has 2 unspecified atom stereocenters. The zero-order valence-electron chi connectivity index (χ0n) is 7.57. The van der Waals surface area contributed by atoms with Gasteiger partial charge < -0.3 is 19.8 Å². The van der Waals surface area contributed by atoms with Crippen LogP contribution < -0.4 is 0 Å². The second-order valence-electron chi connectivity index (χ2n) is 3.16. The molecule has 1 fully saturated rings. The smallest absolute Gasteiger partial charge is 0.416 e. The summed E-state index contributed by atoms with van der Waals surface area (Å²) in [5, 5.41) is 17.2. The normalized spacial score (nSPS) is 27.9. The average molecular weight is 229 g/mol. The molecule has 0 radical (unpaired) electrons. The highest BCUT2D eigenvalue weighted by Crippen LogP contribution is 2.27. The van der Waals surface area contributed by atoms with Crippen LogP contribution in [-0.2, 0) is 4.74 Å². The standard InChI is InChI=1S/C7H10F3NO4/c8-7(9,10)5-2-11(6(13)14)1-4(3-12)15-5/h4-5,12H,1-3H2,(H,13,14). The number of halogens is 3. The van der Waals surface area contributed by atoms with Crippen molar-refractivity contribution in [2.45, 2.75) is 18.4 Å². The lowest BCUT2D eigenvalue weighted by Crippen LogP contribution is -2.55. The molecule has 1 saturated heterocycles. The Hall–Kier alpha value is -1.02. The van der Waals surface area contributed by atoms with Gasteiger partial charge in [0.1, 0.15) is 0 Å². The lowest BCUT2D eigenvalue weighted by atomic mass is 10.2. The third kappa shape index (κ3) is 2.96. The molecule has 1 heterocycles. The minimum Gasteiger partial charge on any atom is -0.465 e. The molecule has 0 spiro atoms. The molecule has 1 amide bonds. The maximum absolute atomic E-state index is 12.3. The minimum atomic E-state index is -4.62. The number of morpholine rings is 1. The summed E-state index contributed by atoms with van der Waals surface area (Å²) in [4.78, 5) is 11.1. The fraction of sp³-hybridized carbons (Fsp3) is 0.857. The zero-order chi connectivity index (χ0) is 11.6. The fourth-order valence-corrected chi connectivity index (χ4v) is 1.28. The van der Waals surface area contributed by atoms with Crippen LogP contribution in [0.15, 0.2) is 0 Å². The van der Waals surface area contributed by atoms with E-state index in [1.807, 2.05) is 0 Å². The summed E-state index contributed by atoms with van der Waals surface area (Å²) >= 11 is 0. The van der Waals surface area contributed by atoms with Crippen LogP contribution in [0.3, 0.4) is 0 Å². The maximum Gasteiger partial charge on any atom is 0.416 e. The van der Waals surface area contributed by atoms with E-state index in [9.17, 15) is 18.0 Å². The number of alkyl halides is 3. The van der Waals surface area contributed by atoms with Gasteiger partial charge in [-0.15, -0.1) is 0 Å². The molecular formula is C7H10F3NO4. The second-order valence-corrected chi connectivity index (χ2v) is 3.16. The Morgan fingerprint density at radius 2 is 2.07 bits per heavy atom. The molecule has 5 nitrogen and oxygen atoms in total. The predicted molar refractivity (Wildman–Crippen MR) is 41.4 cm³/mol. The Morgan fingerprint density at radius 1 is 1.47 bits per heavy atom. The molecule has 15 heavy (non-hydrogen) atoms. The van der Waals surface area contributed by atoms with Crippen LogP contribution in [0.4, 0.5) is 18.0 Å². The van der Waals surface area contributed by atoms with Crippen molar-refractivity contribution < 1.29 is 32.9 Å². The first-order valence-electron chi connectivity index (χ1n) is 4.15. The van der Waals surface area contributed by atoms with Crippen LogP contribution in [0.1, 0.15) is 0 Å². The van der Waals surface area contributed by atoms with Gasteiger partial charge in [0, 0.05) is 0 Å². The average Bonchev–Trinajstić information content (AvgIpc) is 2.15. The monoisotopic (exact) mass is 229 g/mol. The van der Waals surface area contributed by atoms with Gasteiger partial charge in [-0.3, -0.25) is 0 Å². The molecule has 0 aromatic heterocycles. The Balaban J connectivity index is 2.71. The number of hydrogen-bond donors (Lipinski definition) is 2.